The lowest BCUT2D eigenvalue weighted by atomic mass is 10.1. The number of benzene rings is 2. The average Bonchev–Trinajstić information content (AvgIpc) is 2.78. The maximum absolute atomic E-state index is 12.4. The van der Waals surface area contributed by atoms with Gasteiger partial charge in [0.1, 0.15) is 0 Å². The summed E-state index contributed by atoms with van der Waals surface area (Å²) < 4.78 is 0. The average molecular weight is 294 g/mol. The number of anilines is 1. The van der Waals surface area contributed by atoms with Gasteiger partial charge in [0, 0.05) is 12.6 Å². The number of carbonyl (C=O) groups excluding carboxylic acids is 2. The van der Waals surface area contributed by atoms with Gasteiger partial charge < -0.3 is 5.32 Å². The van der Waals surface area contributed by atoms with Crippen molar-refractivity contribution >= 4 is 17.5 Å². The van der Waals surface area contributed by atoms with Crippen LogP contribution in [0.1, 0.15) is 40.1 Å². The Morgan fingerprint density at radius 1 is 0.909 bits per heavy atom. The highest BCUT2D eigenvalue weighted by atomic mass is 16.2. The Labute approximate surface area is 129 Å². The first-order valence-corrected chi connectivity index (χ1v) is 7.38. The molecule has 0 aliphatic carbocycles. The van der Waals surface area contributed by atoms with Crippen LogP contribution in [0.25, 0.3) is 0 Å². The molecule has 2 aromatic carbocycles. The zero-order chi connectivity index (χ0) is 15.7. The van der Waals surface area contributed by atoms with Crippen LogP contribution >= 0.6 is 0 Å². The van der Waals surface area contributed by atoms with Crippen molar-refractivity contribution in [1.82, 2.24) is 5.32 Å². The second kappa shape index (κ2) is 5.73. The van der Waals surface area contributed by atoms with Gasteiger partial charge >= 0.3 is 0 Å². The van der Waals surface area contributed by atoms with E-state index in [0.29, 0.717) is 22.9 Å². The lowest BCUT2D eigenvalue weighted by Crippen LogP contribution is -2.29. The molecule has 0 radical (unpaired) electrons. The van der Waals surface area contributed by atoms with Crippen molar-refractivity contribution in [3.05, 3.63) is 65.2 Å². The summed E-state index contributed by atoms with van der Waals surface area (Å²) >= 11 is 0. The van der Waals surface area contributed by atoms with Gasteiger partial charge in [-0.05, 0) is 29.8 Å². The molecule has 4 heteroatoms. The van der Waals surface area contributed by atoms with E-state index in [2.05, 4.69) is 19.2 Å². The van der Waals surface area contributed by atoms with Crippen LogP contribution in [-0.2, 0) is 6.54 Å². The molecule has 1 aliphatic heterocycles. The van der Waals surface area contributed by atoms with Crippen LogP contribution in [0.5, 0.6) is 0 Å². The van der Waals surface area contributed by atoms with E-state index in [1.165, 1.54) is 4.90 Å². The van der Waals surface area contributed by atoms with Gasteiger partial charge in [0.2, 0.25) is 0 Å². The smallest absolute Gasteiger partial charge is 0.266 e. The molecule has 0 spiro atoms. The number of amides is 2. The van der Waals surface area contributed by atoms with E-state index in [1.807, 2.05) is 24.3 Å². The van der Waals surface area contributed by atoms with Crippen LogP contribution < -0.4 is 10.2 Å². The van der Waals surface area contributed by atoms with Crippen LogP contribution in [0.4, 0.5) is 5.69 Å². The maximum Gasteiger partial charge on any atom is 0.266 e. The minimum atomic E-state index is -0.256. The molecule has 1 aliphatic rings. The molecule has 0 saturated heterocycles. The molecule has 0 saturated carbocycles. The van der Waals surface area contributed by atoms with E-state index in [9.17, 15) is 9.59 Å². The molecule has 4 nitrogen and oxygen atoms in total. The maximum atomic E-state index is 12.4. The van der Waals surface area contributed by atoms with Gasteiger partial charge in [0.05, 0.1) is 16.8 Å². The molecule has 0 atom stereocenters. The Hall–Kier alpha value is -2.46. The van der Waals surface area contributed by atoms with Crippen molar-refractivity contribution in [3.8, 4) is 0 Å². The number of hydrogen-bond donors (Lipinski definition) is 1. The summed E-state index contributed by atoms with van der Waals surface area (Å²) in [6.07, 6.45) is 0. The first-order valence-electron chi connectivity index (χ1n) is 7.38. The first kappa shape index (κ1) is 14.5. The number of nitrogens with zero attached hydrogens (tertiary/aromatic N) is 1. The third-order valence-electron chi connectivity index (χ3n) is 3.70. The zero-order valence-electron chi connectivity index (χ0n) is 12.7. The summed E-state index contributed by atoms with van der Waals surface area (Å²) in [5.41, 5.74) is 2.67. The van der Waals surface area contributed by atoms with Gasteiger partial charge in [-0.25, -0.2) is 4.90 Å². The van der Waals surface area contributed by atoms with Crippen LogP contribution in [0.2, 0.25) is 0 Å². The van der Waals surface area contributed by atoms with E-state index in [0.717, 1.165) is 12.1 Å². The van der Waals surface area contributed by atoms with E-state index in [-0.39, 0.29) is 11.8 Å². The Bertz CT molecular complexity index is 685. The molecule has 0 bridgehead atoms. The summed E-state index contributed by atoms with van der Waals surface area (Å²) in [5.74, 6) is -0.512. The van der Waals surface area contributed by atoms with Gasteiger partial charge in [-0.3, -0.25) is 9.59 Å². The standard InChI is InChI=1S/C18H18N2O2/c1-12(2)19-11-13-7-9-14(10-8-13)20-17(21)15-5-3-4-6-16(15)18(20)22/h3-10,12,19H,11H2,1-2H3. The van der Waals surface area contributed by atoms with Gasteiger partial charge in [-0.15, -0.1) is 0 Å². The lowest BCUT2D eigenvalue weighted by Gasteiger charge is -2.15. The normalized spacial score (nSPS) is 13.9. The molecule has 1 heterocycles. The molecule has 112 valence electrons. The Balaban J connectivity index is 1.84. The number of hydrogen-bond acceptors (Lipinski definition) is 3. The van der Waals surface area contributed by atoms with Crippen molar-refractivity contribution in [1.29, 1.82) is 0 Å². The summed E-state index contributed by atoms with van der Waals surface area (Å²) in [5, 5.41) is 3.33. The third kappa shape index (κ3) is 2.53. The SMILES string of the molecule is CC(C)NCc1ccc(N2C(=O)c3ccccc3C2=O)cc1. The van der Waals surface area contributed by atoms with Gasteiger partial charge in [-0.2, -0.15) is 0 Å². The molecular weight excluding hydrogens is 276 g/mol. The molecule has 1 N–H and O–H groups in total. The quantitative estimate of drug-likeness (QED) is 0.882. The number of carbonyl (C=O) groups is 2. The minimum absolute atomic E-state index is 0.256. The first-order chi connectivity index (χ1) is 10.6. The lowest BCUT2D eigenvalue weighted by molar-refractivity contribution is 0.0926. The third-order valence-corrected chi connectivity index (χ3v) is 3.70. The topological polar surface area (TPSA) is 49.4 Å². The molecule has 2 aromatic rings. The van der Waals surface area contributed by atoms with Crippen LogP contribution in [-0.4, -0.2) is 17.9 Å². The highest BCUT2D eigenvalue weighted by molar-refractivity contribution is 6.34. The van der Waals surface area contributed by atoms with Crippen molar-refractivity contribution in [3.63, 3.8) is 0 Å². The molecule has 0 unspecified atom stereocenters. The van der Waals surface area contributed by atoms with E-state index < -0.39 is 0 Å². The largest absolute Gasteiger partial charge is 0.310 e. The fourth-order valence-corrected chi connectivity index (χ4v) is 2.51. The molecular formula is C18H18N2O2. The molecule has 0 aromatic heterocycles. The number of nitrogens with one attached hydrogen (secondary N) is 1. The predicted octanol–water partition coefficient (Wildman–Crippen LogP) is 2.99. The monoisotopic (exact) mass is 294 g/mol. The van der Waals surface area contributed by atoms with Gasteiger partial charge in [0.15, 0.2) is 0 Å². The Morgan fingerprint density at radius 2 is 1.45 bits per heavy atom. The van der Waals surface area contributed by atoms with E-state index in [1.54, 1.807) is 24.3 Å². The summed E-state index contributed by atoms with van der Waals surface area (Å²) in [7, 11) is 0. The molecule has 22 heavy (non-hydrogen) atoms. The summed E-state index contributed by atoms with van der Waals surface area (Å²) in [6, 6.07) is 14.9. The van der Waals surface area contributed by atoms with E-state index in [4.69, 9.17) is 0 Å². The number of rotatable bonds is 4. The fourth-order valence-electron chi connectivity index (χ4n) is 2.51. The molecule has 2 amide bonds. The van der Waals surface area contributed by atoms with Crippen LogP contribution in [0, 0.1) is 0 Å². The Kier molecular flexibility index (Phi) is 3.77. The van der Waals surface area contributed by atoms with Crippen molar-refractivity contribution in [2.45, 2.75) is 26.4 Å². The van der Waals surface area contributed by atoms with Crippen LogP contribution in [0.3, 0.4) is 0 Å². The highest BCUT2D eigenvalue weighted by Gasteiger charge is 2.36. The van der Waals surface area contributed by atoms with Crippen LogP contribution in [0.15, 0.2) is 48.5 Å². The predicted molar refractivity (Wildman–Crippen MR) is 86.0 cm³/mol. The zero-order valence-corrected chi connectivity index (χ0v) is 12.7. The van der Waals surface area contributed by atoms with Gasteiger partial charge in [0.25, 0.3) is 11.8 Å². The Morgan fingerprint density at radius 3 is 1.95 bits per heavy atom. The van der Waals surface area contributed by atoms with Crippen molar-refractivity contribution in [2.75, 3.05) is 4.90 Å². The van der Waals surface area contributed by atoms with Crippen molar-refractivity contribution < 1.29 is 9.59 Å². The summed E-state index contributed by atoms with van der Waals surface area (Å²) in [6.45, 7) is 4.94. The fraction of sp³-hybridized carbons (Fsp3) is 0.222. The van der Waals surface area contributed by atoms with Gasteiger partial charge in [-0.1, -0.05) is 38.1 Å². The highest BCUT2D eigenvalue weighted by Crippen LogP contribution is 2.28. The van der Waals surface area contributed by atoms with E-state index >= 15 is 0 Å². The second-order valence-corrected chi connectivity index (χ2v) is 5.69. The van der Waals surface area contributed by atoms with Crippen molar-refractivity contribution in [2.24, 2.45) is 0 Å². The minimum Gasteiger partial charge on any atom is -0.310 e. The summed E-state index contributed by atoms with van der Waals surface area (Å²) in [4.78, 5) is 26.0. The number of imide groups is 1. The molecule has 3 rings (SSSR count). The molecule has 0 fully saturated rings. The number of fused-ring (bicyclic) bond motifs is 1. The second-order valence-electron chi connectivity index (χ2n) is 5.69.